The van der Waals surface area contributed by atoms with E-state index in [2.05, 4.69) is 41.0 Å². The summed E-state index contributed by atoms with van der Waals surface area (Å²) in [6, 6.07) is 15.2. The molecule has 0 bridgehead atoms. The first-order valence-electron chi connectivity index (χ1n) is 10.7. The van der Waals surface area contributed by atoms with Gasteiger partial charge >= 0.3 is 0 Å². The Morgan fingerprint density at radius 1 is 0.897 bits per heavy atom. The van der Waals surface area contributed by atoms with Crippen LogP contribution in [0.1, 0.15) is 25.3 Å². The fraction of sp³-hybridized carbons (Fsp3) is 0.458. The van der Waals surface area contributed by atoms with E-state index in [1.807, 2.05) is 11.0 Å². The number of nitrogens with zero attached hydrogens (tertiary/aromatic N) is 3. The molecule has 0 N–H and O–H groups in total. The van der Waals surface area contributed by atoms with Crippen LogP contribution in [0.4, 0.5) is 15.8 Å². The lowest BCUT2D eigenvalue weighted by Gasteiger charge is -2.37. The Morgan fingerprint density at radius 2 is 1.48 bits per heavy atom. The summed E-state index contributed by atoms with van der Waals surface area (Å²) in [7, 11) is 0. The SMILES string of the molecule is CC1CCN(c2ccc(N3CCN(C(=O)Cc4cccc(F)c4)CC3)cc2)CC1. The number of benzene rings is 2. The topological polar surface area (TPSA) is 26.8 Å². The van der Waals surface area contributed by atoms with Crippen LogP contribution >= 0.6 is 0 Å². The van der Waals surface area contributed by atoms with Crippen molar-refractivity contribution in [2.45, 2.75) is 26.2 Å². The monoisotopic (exact) mass is 395 g/mol. The van der Waals surface area contributed by atoms with Gasteiger partial charge in [0, 0.05) is 50.6 Å². The van der Waals surface area contributed by atoms with Gasteiger partial charge in [-0.3, -0.25) is 4.79 Å². The van der Waals surface area contributed by atoms with Gasteiger partial charge in [-0.1, -0.05) is 19.1 Å². The molecule has 2 aromatic rings. The molecule has 0 spiro atoms. The third-order valence-corrected chi connectivity index (χ3v) is 6.24. The summed E-state index contributed by atoms with van der Waals surface area (Å²) in [4.78, 5) is 19.3. The largest absolute Gasteiger partial charge is 0.372 e. The summed E-state index contributed by atoms with van der Waals surface area (Å²) in [5.74, 6) is 0.623. The first kappa shape index (κ1) is 19.7. The Labute approximate surface area is 172 Å². The van der Waals surface area contributed by atoms with Crippen LogP contribution in [0.2, 0.25) is 0 Å². The second-order valence-corrected chi connectivity index (χ2v) is 8.36. The predicted molar refractivity (Wildman–Crippen MR) is 116 cm³/mol. The maximum absolute atomic E-state index is 13.3. The van der Waals surface area contributed by atoms with Crippen molar-refractivity contribution in [3.05, 3.63) is 59.9 Å². The average molecular weight is 396 g/mol. The summed E-state index contributed by atoms with van der Waals surface area (Å²) in [5.41, 5.74) is 3.26. The van der Waals surface area contributed by atoms with Gasteiger partial charge in [0.1, 0.15) is 5.82 Å². The molecule has 5 heteroatoms. The summed E-state index contributed by atoms with van der Waals surface area (Å²) in [6.07, 6.45) is 2.81. The van der Waals surface area contributed by atoms with Crippen molar-refractivity contribution in [3.63, 3.8) is 0 Å². The summed E-state index contributed by atoms with van der Waals surface area (Å²) >= 11 is 0. The van der Waals surface area contributed by atoms with Crippen LogP contribution in [0, 0.1) is 11.7 Å². The first-order valence-corrected chi connectivity index (χ1v) is 10.7. The molecule has 0 aliphatic carbocycles. The molecule has 29 heavy (non-hydrogen) atoms. The molecule has 4 rings (SSSR count). The van der Waals surface area contributed by atoms with E-state index in [4.69, 9.17) is 0 Å². The van der Waals surface area contributed by atoms with Crippen molar-refractivity contribution in [3.8, 4) is 0 Å². The molecule has 0 unspecified atom stereocenters. The number of anilines is 2. The predicted octanol–water partition coefficient (Wildman–Crippen LogP) is 3.95. The molecule has 0 saturated carbocycles. The number of piperazine rings is 1. The van der Waals surface area contributed by atoms with Crippen molar-refractivity contribution in [2.24, 2.45) is 5.92 Å². The Hall–Kier alpha value is -2.56. The standard InChI is InChI=1S/C24H30FN3O/c1-19-9-11-26(12-10-19)22-5-7-23(8-6-22)27-13-15-28(16-14-27)24(29)18-20-3-2-4-21(25)17-20/h2-8,17,19H,9-16,18H2,1H3. The molecule has 2 aliphatic rings. The molecular weight excluding hydrogens is 365 g/mol. The summed E-state index contributed by atoms with van der Waals surface area (Å²) < 4.78 is 13.3. The van der Waals surface area contributed by atoms with Gasteiger partial charge in [0.2, 0.25) is 5.91 Å². The van der Waals surface area contributed by atoms with Gasteiger partial charge in [-0.15, -0.1) is 0 Å². The highest BCUT2D eigenvalue weighted by Gasteiger charge is 2.22. The van der Waals surface area contributed by atoms with Gasteiger partial charge in [0.05, 0.1) is 6.42 Å². The Kier molecular flexibility index (Phi) is 6.02. The molecule has 4 nitrogen and oxygen atoms in total. The number of carbonyl (C=O) groups excluding carboxylic acids is 1. The molecular formula is C24H30FN3O. The smallest absolute Gasteiger partial charge is 0.227 e. The molecule has 0 radical (unpaired) electrons. The number of hydrogen-bond acceptors (Lipinski definition) is 3. The summed E-state index contributed by atoms with van der Waals surface area (Å²) in [6.45, 7) is 7.70. The van der Waals surface area contributed by atoms with Gasteiger partial charge in [-0.2, -0.15) is 0 Å². The van der Waals surface area contributed by atoms with Gasteiger partial charge in [0.25, 0.3) is 0 Å². The third-order valence-electron chi connectivity index (χ3n) is 6.24. The van der Waals surface area contributed by atoms with Crippen molar-refractivity contribution >= 4 is 17.3 Å². The normalized spacial score (nSPS) is 18.2. The van der Waals surface area contributed by atoms with E-state index >= 15 is 0 Å². The van der Waals surface area contributed by atoms with E-state index in [1.54, 1.807) is 6.07 Å². The number of hydrogen-bond donors (Lipinski definition) is 0. The second-order valence-electron chi connectivity index (χ2n) is 8.36. The minimum Gasteiger partial charge on any atom is -0.372 e. The molecule has 0 aromatic heterocycles. The van der Waals surface area contributed by atoms with Crippen molar-refractivity contribution in [1.82, 2.24) is 4.90 Å². The highest BCUT2D eigenvalue weighted by atomic mass is 19.1. The quantitative estimate of drug-likeness (QED) is 0.784. The van der Waals surface area contributed by atoms with Gasteiger partial charge < -0.3 is 14.7 Å². The number of amides is 1. The van der Waals surface area contributed by atoms with Gasteiger partial charge in [-0.25, -0.2) is 4.39 Å². The third kappa shape index (κ3) is 4.89. The zero-order valence-electron chi connectivity index (χ0n) is 17.2. The van der Waals surface area contributed by atoms with E-state index in [9.17, 15) is 9.18 Å². The number of rotatable bonds is 4. The molecule has 1 amide bonds. The first-order chi connectivity index (χ1) is 14.1. The molecule has 2 aromatic carbocycles. The highest BCUT2D eigenvalue weighted by molar-refractivity contribution is 5.79. The maximum Gasteiger partial charge on any atom is 0.227 e. The minimum absolute atomic E-state index is 0.0740. The lowest BCUT2D eigenvalue weighted by Crippen LogP contribution is -2.49. The Bertz CT molecular complexity index is 822. The molecule has 2 aliphatic heterocycles. The fourth-order valence-electron chi connectivity index (χ4n) is 4.29. The zero-order valence-corrected chi connectivity index (χ0v) is 17.2. The maximum atomic E-state index is 13.3. The Morgan fingerprint density at radius 3 is 2.07 bits per heavy atom. The molecule has 2 heterocycles. The van der Waals surface area contributed by atoms with Crippen LogP contribution in [0.3, 0.4) is 0 Å². The van der Waals surface area contributed by atoms with Crippen molar-refractivity contribution in [1.29, 1.82) is 0 Å². The van der Waals surface area contributed by atoms with E-state index in [0.29, 0.717) is 13.1 Å². The lowest BCUT2D eigenvalue weighted by molar-refractivity contribution is -0.130. The van der Waals surface area contributed by atoms with E-state index < -0.39 is 0 Å². The summed E-state index contributed by atoms with van der Waals surface area (Å²) in [5, 5.41) is 0. The lowest BCUT2D eigenvalue weighted by atomic mass is 9.99. The number of halogens is 1. The van der Waals surface area contributed by atoms with Crippen LogP contribution in [0.5, 0.6) is 0 Å². The molecule has 2 fully saturated rings. The fourth-order valence-corrected chi connectivity index (χ4v) is 4.29. The molecule has 2 saturated heterocycles. The van der Waals surface area contributed by atoms with E-state index in [1.165, 1.54) is 36.3 Å². The van der Waals surface area contributed by atoms with Crippen molar-refractivity contribution in [2.75, 3.05) is 49.1 Å². The van der Waals surface area contributed by atoms with Crippen LogP contribution in [0.15, 0.2) is 48.5 Å². The minimum atomic E-state index is -0.289. The van der Waals surface area contributed by atoms with Crippen LogP contribution in [-0.2, 0) is 11.2 Å². The molecule has 0 atom stereocenters. The number of carbonyl (C=O) groups is 1. The van der Waals surface area contributed by atoms with Gasteiger partial charge in [0.15, 0.2) is 0 Å². The average Bonchev–Trinajstić information content (AvgIpc) is 2.75. The molecule has 154 valence electrons. The Balaban J connectivity index is 1.29. The van der Waals surface area contributed by atoms with Crippen LogP contribution < -0.4 is 9.80 Å². The van der Waals surface area contributed by atoms with Crippen LogP contribution in [0.25, 0.3) is 0 Å². The number of piperidine rings is 1. The second kappa shape index (κ2) is 8.85. The van der Waals surface area contributed by atoms with E-state index in [0.717, 1.165) is 37.7 Å². The van der Waals surface area contributed by atoms with E-state index in [-0.39, 0.29) is 18.1 Å². The van der Waals surface area contributed by atoms with Crippen molar-refractivity contribution < 1.29 is 9.18 Å². The van der Waals surface area contributed by atoms with Crippen LogP contribution in [-0.4, -0.2) is 50.1 Å². The van der Waals surface area contributed by atoms with Gasteiger partial charge in [-0.05, 0) is 60.7 Å². The highest BCUT2D eigenvalue weighted by Crippen LogP contribution is 2.26. The zero-order chi connectivity index (χ0) is 20.2.